The summed E-state index contributed by atoms with van der Waals surface area (Å²) in [6.07, 6.45) is 2.88. The zero-order chi connectivity index (χ0) is 16.1. The number of phenolic OH excluding ortho intramolecular Hbond substituents is 1. The minimum atomic E-state index is -0.257. The maximum Gasteiger partial charge on any atom is 0.229 e. The van der Waals surface area contributed by atoms with Crippen LogP contribution in [0.15, 0.2) is 18.2 Å². The number of rotatable bonds is 4. The summed E-state index contributed by atoms with van der Waals surface area (Å²) in [5, 5.41) is 12.9. The van der Waals surface area contributed by atoms with Gasteiger partial charge in [0, 0.05) is 24.5 Å². The molecule has 6 heteroatoms. The molecule has 2 rings (SSSR count). The van der Waals surface area contributed by atoms with Gasteiger partial charge in [0.25, 0.3) is 0 Å². The zero-order valence-electron chi connectivity index (χ0n) is 12.6. The van der Waals surface area contributed by atoms with Gasteiger partial charge in [0.2, 0.25) is 11.8 Å². The molecule has 0 saturated carbocycles. The summed E-state index contributed by atoms with van der Waals surface area (Å²) in [7, 11) is 0. The van der Waals surface area contributed by atoms with Crippen LogP contribution < -0.4 is 5.32 Å². The van der Waals surface area contributed by atoms with Gasteiger partial charge in [0.1, 0.15) is 5.75 Å². The normalized spacial score (nSPS) is 18.1. The Morgan fingerprint density at radius 2 is 2.23 bits per heavy atom. The largest absolute Gasteiger partial charge is 0.506 e. The Bertz CT molecular complexity index is 562. The van der Waals surface area contributed by atoms with E-state index >= 15 is 0 Å². The Morgan fingerprint density at radius 3 is 2.95 bits per heavy atom. The van der Waals surface area contributed by atoms with Crippen molar-refractivity contribution >= 4 is 29.1 Å². The molecule has 1 fully saturated rings. The summed E-state index contributed by atoms with van der Waals surface area (Å²) >= 11 is 5.87. The maximum atomic E-state index is 12.4. The summed E-state index contributed by atoms with van der Waals surface area (Å²) in [5.41, 5.74) is 0.300. The van der Waals surface area contributed by atoms with E-state index in [1.807, 2.05) is 6.92 Å². The number of piperidine rings is 1. The Kier molecular flexibility index (Phi) is 5.66. The smallest absolute Gasteiger partial charge is 0.229 e. The van der Waals surface area contributed by atoms with Crippen molar-refractivity contribution in [2.24, 2.45) is 5.92 Å². The lowest BCUT2D eigenvalue weighted by molar-refractivity contribution is -0.134. The van der Waals surface area contributed by atoms with Crippen LogP contribution in [0.3, 0.4) is 0 Å². The van der Waals surface area contributed by atoms with Crippen LogP contribution in [0.4, 0.5) is 5.69 Å². The second kappa shape index (κ2) is 7.49. The van der Waals surface area contributed by atoms with Gasteiger partial charge in [0.15, 0.2) is 0 Å². The van der Waals surface area contributed by atoms with Crippen LogP contribution in [0.1, 0.15) is 32.6 Å². The highest BCUT2D eigenvalue weighted by molar-refractivity contribution is 6.31. The van der Waals surface area contributed by atoms with Crippen molar-refractivity contribution in [1.29, 1.82) is 0 Å². The number of carbonyl (C=O) groups excluding carboxylic acids is 2. The van der Waals surface area contributed by atoms with Gasteiger partial charge in [-0.25, -0.2) is 0 Å². The van der Waals surface area contributed by atoms with E-state index in [0.717, 1.165) is 19.3 Å². The minimum absolute atomic E-state index is 0.0209. The molecule has 1 aliphatic rings. The molecule has 1 atom stereocenters. The van der Waals surface area contributed by atoms with E-state index in [2.05, 4.69) is 5.32 Å². The summed E-state index contributed by atoms with van der Waals surface area (Å²) in [6.45, 7) is 3.12. The molecule has 22 heavy (non-hydrogen) atoms. The van der Waals surface area contributed by atoms with E-state index in [-0.39, 0.29) is 23.5 Å². The van der Waals surface area contributed by atoms with E-state index in [1.165, 1.54) is 12.1 Å². The lowest BCUT2D eigenvalue weighted by Gasteiger charge is -2.32. The maximum absolute atomic E-state index is 12.4. The fourth-order valence-corrected chi connectivity index (χ4v) is 2.80. The van der Waals surface area contributed by atoms with Crippen molar-refractivity contribution in [2.75, 3.05) is 18.4 Å². The molecule has 1 aromatic carbocycles. The predicted octanol–water partition coefficient (Wildman–Crippen LogP) is 3.02. The first kappa shape index (κ1) is 16.6. The first-order chi connectivity index (χ1) is 10.5. The quantitative estimate of drug-likeness (QED) is 0.836. The number of benzene rings is 1. The van der Waals surface area contributed by atoms with Crippen molar-refractivity contribution < 1.29 is 14.7 Å². The minimum Gasteiger partial charge on any atom is -0.506 e. The number of amides is 2. The van der Waals surface area contributed by atoms with Gasteiger partial charge in [0.05, 0.1) is 11.6 Å². The summed E-state index contributed by atoms with van der Waals surface area (Å²) in [4.78, 5) is 26.1. The number of halogens is 1. The molecular weight excluding hydrogens is 304 g/mol. The van der Waals surface area contributed by atoms with Crippen molar-refractivity contribution in [3.63, 3.8) is 0 Å². The highest BCUT2D eigenvalue weighted by atomic mass is 35.5. The molecular formula is C16H21ClN2O3. The molecule has 0 aromatic heterocycles. The zero-order valence-corrected chi connectivity index (χ0v) is 13.4. The van der Waals surface area contributed by atoms with Gasteiger partial charge in [-0.3, -0.25) is 9.59 Å². The van der Waals surface area contributed by atoms with Crippen LogP contribution in [0, 0.1) is 5.92 Å². The molecule has 1 aromatic rings. The molecule has 0 unspecified atom stereocenters. The Balaban J connectivity index is 2.00. The van der Waals surface area contributed by atoms with Gasteiger partial charge in [-0.05, 0) is 37.5 Å². The van der Waals surface area contributed by atoms with Gasteiger partial charge in [-0.15, -0.1) is 0 Å². The van der Waals surface area contributed by atoms with Gasteiger partial charge in [-0.1, -0.05) is 18.5 Å². The van der Waals surface area contributed by atoms with Crippen LogP contribution in [0.5, 0.6) is 5.75 Å². The standard InChI is InChI=1S/C16H21ClN2O3/c1-2-4-15(21)19-8-3-5-11(10-19)16(22)18-13-9-12(17)6-7-14(13)20/h6-7,9,11,20H,2-5,8,10H2,1H3,(H,18,22)/t11-/m0/s1. The SMILES string of the molecule is CCCC(=O)N1CCC[C@H](C(=O)Nc2cc(Cl)ccc2O)C1. The van der Waals surface area contributed by atoms with E-state index in [1.54, 1.807) is 11.0 Å². The average Bonchev–Trinajstić information content (AvgIpc) is 2.51. The van der Waals surface area contributed by atoms with E-state index in [4.69, 9.17) is 11.6 Å². The molecule has 120 valence electrons. The van der Waals surface area contributed by atoms with Crippen LogP contribution in [0.25, 0.3) is 0 Å². The molecule has 1 aliphatic heterocycles. The van der Waals surface area contributed by atoms with Crippen molar-refractivity contribution in [1.82, 2.24) is 4.90 Å². The highest BCUT2D eigenvalue weighted by Gasteiger charge is 2.28. The molecule has 0 aliphatic carbocycles. The Hall–Kier alpha value is -1.75. The topological polar surface area (TPSA) is 69.6 Å². The molecule has 5 nitrogen and oxygen atoms in total. The first-order valence-corrected chi connectivity index (χ1v) is 7.96. The average molecular weight is 325 g/mol. The number of nitrogens with zero attached hydrogens (tertiary/aromatic N) is 1. The number of hydrogen-bond donors (Lipinski definition) is 2. The van der Waals surface area contributed by atoms with Crippen LogP contribution in [-0.2, 0) is 9.59 Å². The Morgan fingerprint density at radius 1 is 1.45 bits per heavy atom. The number of hydrogen-bond acceptors (Lipinski definition) is 3. The first-order valence-electron chi connectivity index (χ1n) is 7.58. The van der Waals surface area contributed by atoms with Crippen LogP contribution in [-0.4, -0.2) is 34.9 Å². The third-order valence-electron chi connectivity index (χ3n) is 3.83. The van der Waals surface area contributed by atoms with E-state index in [9.17, 15) is 14.7 Å². The number of phenols is 1. The molecule has 2 N–H and O–H groups in total. The third-order valence-corrected chi connectivity index (χ3v) is 4.06. The molecule has 1 heterocycles. The van der Waals surface area contributed by atoms with Gasteiger partial charge in [-0.2, -0.15) is 0 Å². The second-order valence-electron chi connectivity index (χ2n) is 5.58. The lowest BCUT2D eigenvalue weighted by Crippen LogP contribution is -2.43. The van der Waals surface area contributed by atoms with Crippen molar-refractivity contribution in [2.45, 2.75) is 32.6 Å². The molecule has 2 amide bonds. The third kappa shape index (κ3) is 4.13. The lowest BCUT2D eigenvalue weighted by atomic mass is 9.96. The van der Waals surface area contributed by atoms with E-state index in [0.29, 0.717) is 30.2 Å². The highest BCUT2D eigenvalue weighted by Crippen LogP contribution is 2.28. The Labute approximate surface area is 135 Å². The van der Waals surface area contributed by atoms with Gasteiger partial charge < -0.3 is 15.3 Å². The second-order valence-corrected chi connectivity index (χ2v) is 6.02. The van der Waals surface area contributed by atoms with Crippen LogP contribution in [0.2, 0.25) is 5.02 Å². The number of carbonyl (C=O) groups is 2. The molecule has 0 radical (unpaired) electrons. The van der Waals surface area contributed by atoms with Crippen LogP contribution >= 0.6 is 11.6 Å². The summed E-state index contributed by atoms with van der Waals surface area (Å²) in [5.74, 6) is -0.363. The molecule has 1 saturated heterocycles. The fourth-order valence-electron chi connectivity index (χ4n) is 2.63. The monoisotopic (exact) mass is 324 g/mol. The van der Waals surface area contributed by atoms with E-state index < -0.39 is 0 Å². The number of aromatic hydroxyl groups is 1. The van der Waals surface area contributed by atoms with Gasteiger partial charge >= 0.3 is 0 Å². The fraction of sp³-hybridized carbons (Fsp3) is 0.500. The number of anilines is 1. The summed E-state index contributed by atoms with van der Waals surface area (Å²) in [6, 6.07) is 4.51. The predicted molar refractivity (Wildman–Crippen MR) is 86.0 cm³/mol. The number of nitrogens with one attached hydrogen (secondary N) is 1. The number of likely N-dealkylation sites (tertiary alicyclic amines) is 1. The summed E-state index contributed by atoms with van der Waals surface area (Å²) < 4.78 is 0. The molecule has 0 bridgehead atoms. The van der Waals surface area contributed by atoms with Crippen molar-refractivity contribution in [3.05, 3.63) is 23.2 Å². The molecule has 0 spiro atoms. The van der Waals surface area contributed by atoms with Crippen molar-refractivity contribution in [3.8, 4) is 5.75 Å².